The first-order valence-electron chi connectivity index (χ1n) is 5.50. The highest BCUT2D eigenvalue weighted by Crippen LogP contribution is 2.59. The molecular formula is C12H24IN. The molecule has 0 amide bonds. The number of hydrogen-bond acceptors (Lipinski definition) is 1. The van der Waals surface area contributed by atoms with Crippen LogP contribution in [-0.2, 0) is 0 Å². The zero-order valence-corrected chi connectivity index (χ0v) is 10.6. The maximum Gasteiger partial charge on any atom is 0.0230 e. The summed E-state index contributed by atoms with van der Waals surface area (Å²) in [4.78, 5) is 0. The van der Waals surface area contributed by atoms with E-state index in [9.17, 15) is 0 Å². The molecule has 0 heterocycles. The molecule has 0 radical (unpaired) electrons. The monoisotopic (exact) mass is 309 g/mol. The maximum atomic E-state index is 4.50. The Bertz CT molecular complexity index is 155. The van der Waals surface area contributed by atoms with Crippen LogP contribution in [0.5, 0.6) is 0 Å². The molecule has 4 aliphatic rings. The van der Waals surface area contributed by atoms with Crippen molar-refractivity contribution in [2.45, 2.75) is 49.4 Å². The molecule has 0 spiro atoms. The van der Waals surface area contributed by atoms with Gasteiger partial charge in [-0.05, 0) is 63.3 Å². The molecule has 1 nitrogen and oxygen atoms in total. The van der Waals surface area contributed by atoms with Crippen molar-refractivity contribution in [3.63, 3.8) is 0 Å². The van der Waals surface area contributed by atoms with Gasteiger partial charge >= 0.3 is 0 Å². The topological polar surface area (TPSA) is 26.0 Å². The highest BCUT2D eigenvalue weighted by atomic mass is 127. The van der Waals surface area contributed by atoms with Crippen LogP contribution in [0.15, 0.2) is 0 Å². The summed E-state index contributed by atoms with van der Waals surface area (Å²) in [5.74, 6) is 3.41. The zero-order valence-electron chi connectivity index (χ0n) is 8.43. The molecule has 0 aromatic carbocycles. The van der Waals surface area contributed by atoms with E-state index in [0.29, 0.717) is 0 Å². The van der Waals surface area contributed by atoms with Gasteiger partial charge in [-0.3, -0.25) is 0 Å². The Kier molecular flexibility index (Phi) is 4.27. The van der Waals surface area contributed by atoms with Crippen LogP contribution >= 0.6 is 22.6 Å². The Labute approximate surface area is 102 Å². The smallest absolute Gasteiger partial charge is 0.0230 e. The van der Waals surface area contributed by atoms with Crippen molar-refractivity contribution in [1.29, 1.82) is 0 Å². The van der Waals surface area contributed by atoms with Crippen LogP contribution in [0.3, 0.4) is 0 Å². The van der Waals surface area contributed by atoms with Gasteiger partial charge < -0.3 is 5.73 Å². The highest BCUT2D eigenvalue weighted by Gasteiger charge is 2.49. The molecule has 2 heteroatoms. The summed E-state index contributed by atoms with van der Waals surface area (Å²) in [5.41, 5.74) is 4.50. The summed E-state index contributed by atoms with van der Waals surface area (Å²) in [6.07, 6.45) is 9.42. The van der Waals surface area contributed by atoms with Crippen LogP contribution in [0.2, 0.25) is 0 Å². The fraction of sp³-hybridized carbons (Fsp3) is 1.00. The van der Waals surface area contributed by atoms with Gasteiger partial charge in [0.25, 0.3) is 0 Å². The average molecular weight is 309 g/mol. The lowest BCUT2D eigenvalue weighted by Gasteiger charge is -2.54. The van der Waals surface area contributed by atoms with E-state index in [1.807, 2.05) is 0 Å². The quantitative estimate of drug-likeness (QED) is 0.537. The van der Waals surface area contributed by atoms with Gasteiger partial charge in [-0.25, -0.2) is 0 Å². The minimum atomic E-state index is 0. The third-order valence-electron chi connectivity index (χ3n) is 3.96. The van der Waals surface area contributed by atoms with Crippen LogP contribution in [0.4, 0.5) is 0 Å². The summed E-state index contributed by atoms with van der Waals surface area (Å²) in [6, 6.07) is 0. The zero-order chi connectivity index (χ0) is 9.47. The van der Waals surface area contributed by atoms with E-state index >= 15 is 0 Å². The Morgan fingerprint density at radius 2 is 1.21 bits per heavy atom. The largest absolute Gasteiger partial charge is 0.333 e. The Morgan fingerprint density at radius 1 is 0.929 bits per heavy atom. The standard InChI is InChI=1S/C10H15I.CH5N.CH4/c11-10-4-7-1-8(5-10)3-9(2-7)6-10;1-2;/h7-9H,1-6H2;2H2,1H3;1H4. The van der Waals surface area contributed by atoms with Crippen molar-refractivity contribution in [1.82, 2.24) is 0 Å². The van der Waals surface area contributed by atoms with Gasteiger partial charge in [0.15, 0.2) is 0 Å². The Hall–Kier alpha value is 0.690. The maximum absolute atomic E-state index is 4.50. The normalized spacial score (nSPS) is 47.8. The van der Waals surface area contributed by atoms with E-state index in [1.165, 1.54) is 7.05 Å². The van der Waals surface area contributed by atoms with Crippen LogP contribution < -0.4 is 5.73 Å². The van der Waals surface area contributed by atoms with Crippen molar-refractivity contribution >= 4 is 22.6 Å². The molecule has 4 aliphatic carbocycles. The Morgan fingerprint density at radius 3 is 1.43 bits per heavy atom. The van der Waals surface area contributed by atoms with Gasteiger partial charge in [-0.2, -0.15) is 0 Å². The van der Waals surface area contributed by atoms with Crippen LogP contribution in [0.25, 0.3) is 0 Å². The Balaban J connectivity index is 0.000000309. The van der Waals surface area contributed by atoms with Crippen molar-refractivity contribution in [3.8, 4) is 0 Å². The summed E-state index contributed by atoms with van der Waals surface area (Å²) in [5, 5.41) is 0. The molecular weight excluding hydrogens is 285 g/mol. The number of nitrogens with two attached hydrogens (primary N) is 1. The molecule has 0 aliphatic heterocycles. The first kappa shape index (κ1) is 12.8. The molecule has 4 saturated carbocycles. The highest BCUT2D eigenvalue weighted by molar-refractivity contribution is 14.1. The van der Waals surface area contributed by atoms with Crippen molar-refractivity contribution in [2.75, 3.05) is 7.05 Å². The average Bonchev–Trinajstić information content (AvgIpc) is 2.02. The molecule has 14 heavy (non-hydrogen) atoms. The second-order valence-electron chi connectivity index (χ2n) is 5.07. The molecule has 0 unspecified atom stereocenters. The summed E-state index contributed by atoms with van der Waals surface area (Å²) in [6.45, 7) is 0. The fourth-order valence-electron chi connectivity index (χ4n) is 4.00. The summed E-state index contributed by atoms with van der Waals surface area (Å²) >= 11 is 2.77. The first-order chi connectivity index (χ1) is 6.23. The molecule has 4 rings (SSSR count). The third kappa shape index (κ3) is 2.26. The van der Waals surface area contributed by atoms with Crippen LogP contribution in [0, 0.1) is 17.8 Å². The van der Waals surface area contributed by atoms with Crippen molar-refractivity contribution < 1.29 is 0 Å². The van der Waals surface area contributed by atoms with Gasteiger partial charge in [-0.1, -0.05) is 30.0 Å². The van der Waals surface area contributed by atoms with Crippen molar-refractivity contribution in [2.24, 2.45) is 23.5 Å². The van der Waals surface area contributed by atoms with Crippen LogP contribution in [-0.4, -0.2) is 10.5 Å². The molecule has 84 valence electrons. The SMILES string of the molecule is C.CN.IC12CC3CC(CC(C3)C1)C2. The van der Waals surface area contributed by atoms with E-state index in [1.54, 1.807) is 38.5 Å². The van der Waals surface area contributed by atoms with E-state index in [2.05, 4.69) is 28.3 Å². The molecule has 0 aromatic rings. The van der Waals surface area contributed by atoms with E-state index < -0.39 is 0 Å². The number of hydrogen-bond donors (Lipinski definition) is 1. The predicted molar refractivity (Wildman–Crippen MR) is 71.8 cm³/mol. The minimum Gasteiger partial charge on any atom is -0.333 e. The number of rotatable bonds is 0. The van der Waals surface area contributed by atoms with Gasteiger partial charge in [-0.15, -0.1) is 0 Å². The van der Waals surface area contributed by atoms with E-state index in [0.717, 1.165) is 21.2 Å². The summed E-state index contributed by atoms with van der Waals surface area (Å²) < 4.78 is 0.770. The first-order valence-corrected chi connectivity index (χ1v) is 6.58. The second kappa shape index (κ2) is 4.69. The number of halogens is 1. The van der Waals surface area contributed by atoms with Gasteiger partial charge in [0, 0.05) is 3.42 Å². The molecule has 4 bridgehead atoms. The molecule has 0 aromatic heterocycles. The lowest BCUT2D eigenvalue weighted by molar-refractivity contribution is 0.0456. The molecule has 2 N–H and O–H groups in total. The van der Waals surface area contributed by atoms with Crippen molar-refractivity contribution in [3.05, 3.63) is 0 Å². The van der Waals surface area contributed by atoms with E-state index in [-0.39, 0.29) is 7.43 Å². The third-order valence-corrected chi connectivity index (χ3v) is 5.28. The predicted octanol–water partition coefficient (Wildman–Crippen LogP) is 3.60. The molecule has 0 saturated heterocycles. The molecule has 0 atom stereocenters. The van der Waals surface area contributed by atoms with Gasteiger partial charge in [0.1, 0.15) is 0 Å². The summed E-state index contributed by atoms with van der Waals surface area (Å²) in [7, 11) is 1.50. The number of alkyl halides is 1. The lowest BCUT2D eigenvalue weighted by Crippen LogP contribution is -2.46. The molecule has 4 fully saturated rings. The van der Waals surface area contributed by atoms with E-state index in [4.69, 9.17) is 0 Å². The fourth-order valence-corrected chi connectivity index (χ4v) is 5.87. The lowest BCUT2D eigenvalue weighted by atomic mass is 9.56. The van der Waals surface area contributed by atoms with Gasteiger partial charge in [0.2, 0.25) is 0 Å². The van der Waals surface area contributed by atoms with Gasteiger partial charge in [0.05, 0.1) is 0 Å². The minimum absolute atomic E-state index is 0. The van der Waals surface area contributed by atoms with Crippen LogP contribution in [0.1, 0.15) is 46.0 Å². The second-order valence-corrected chi connectivity index (χ2v) is 7.36.